The number of carboxylic acids is 1. The van der Waals surface area contributed by atoms with E-state index in [9.17, 15) is 9.90 Å². The van der Waals surface area contributed by atoms with E-state index >= 15 is 0 Å². The number of aromatic carboxylic acids is 1. The Bertz CT molecular complexity index is 783. The van der Waals surface area contributed by atoms with Crippen LogP contribution in [-0.2, 0) is 6.54 Å². The van der Waals surface area contributed by atoms with E-state index in [1.807, 2.05) is 6.07 Å². The SMILES string of the molecule is O=C(O)c1cc(NCc2cnc(Cl)s2)cc2cn[nH]c12. The van der Waals surface area contributed by atoms with Gasteiger partial charge in [0.05, 0.1) is 23.8 Å². The lowest BCUT2D eigenvalue weighted by molar-refractivity contribution is 0.0699. The van der Waals surface area contributed by atoms with Gasteiger partial charge in [-0.15, -0.1) is 11.3 Å². The summed E-state index contributed by atoms with van der Waals surface area (Å²) in [4.78, 5) is 16.2. The fourth-order valence-electron chi connectivity index (χ4n) is 1.88. The van der Waals surface area contributed by atoms with E-state index in [1.54, 1.807) is 18.5 Å². The van der Waals surface area contributed by atoms with Crippen LogP contribution in [0.5, 0.6) is 0 Å². The Hall–Kier alpha value is -2.12. The summed E-state index contributed by atoms with van der Waals surface area (Å²) in [5.74, 6) is -0.997. The van der Waals surface area contributed by atoms with Crippen LogP contribution in [0.2, 0.25) is 4.47 Å². The number of aromatic amines is 1. The first kappa shape index (κ1) is 12.9. The summed E-state index contributed by atoms with van der Waals surface area (Å²) >= 11 is 7.14. The zero-order chi connectivity index (χ0) is 14.1. The lowest BCUT2D eigenvalue weighted by Crippen LogP contribution is -2.02. The van der Waals surface area contributed by atoms with Crippen molar-refractivity contribution >= 4 is 45.5 Å². The number of anilines is 1. The van der Waals surface area contributed by atoms with Crippen molar-refractivity contribution in [1.82, 2.24) is 15.2 Å². The van der Waals surface area contributed by atoms with Gasteiger partial charge in [-0.3, -0.25) is 5.10 Å². The largest absolute Gasteiger partial charge is 0.478 e. The number of nitrogens with zero attached hydrogens (tertiary/aromatic N) is 2. The number of thiazole rings is 1. The quantitative estimate of drug-likeness (QED) is 0.689. The van der Waals surface area contributed by atoms with Gasteiger partial charge in [-0.1, -0.05) is 11.6 Å². The van der Waals surface area contributed by atoms with E-state index in [-0.39, 0.29) is 5.56 Å². The van der Waals surface area contributed by atoms with Gasteiger partial charge in [0.15, 0.2) is 4.47 Å². The Labute approximate surface area is 122 Å². The standard InChI is InChI=1S/C12H9ClN4O2S/c13-12-15-5-8(20-12)4-14-7-1-6-3-16-17-10(6)9(2-7)11(18)19/h1-3,5,14H,4H2,(H,16,17)(H,18,19). The highest BCUT2D eigenvalue weighted by atomic mass is 35.5. The number of H-pyrrole nitrogens is 1. The Kier molecular flexibility index (Phi) is 3.29. The molecule has 2 heterocycles. The molecule has 0 spiro atoms. The van der Waals surface area contributed by atoms with E-state index in [2.05, 4.69) is 20.5 Å². The maximum absolute atomic E-state index is 11.2. The molecule has 0 saturated carbocycles. The molecule has 0 amide bonds. The number of carbonyl (C=O) groups is 1. The van der Waals surface area contributed by atoms with Crippen molar-refractivity contribution < 1.29 is 9.90 Å². The number of halogens is 1. The second-order valence-electron chi connectivity index (χ2n) is 4.10. The molecule has 3 aromatic rings. The number of hydrogen-bond acceptors (Lipinski definition) is 5. The lowest BCUT2D eigenvalue weighted by atomic mass is 10.1. The van der Waals surface area contributed by atoms with Crippen LogP contribution in [0.3, 0.4) is 0 Å². The molecule has 0 unspecified atom stereocenters. The zero-order valence-electron chi connectivity index (χ0n) is 10.1. The molecular formula is C12H9ClN4O2S. The third kappa shape index (κ3) is 2.45. The molecule has 6 nitrogen and oxygen atoms in total. The van der Waals surface area contributed by atoms with Gasteiger partial charge in [-0.25, -0.2) is 9.78 Å². The maximum Gasteiger partial charge on any atom is 0.337 e. The molecule has 0 fully saturated rings. The maximum atomic E-state index is 11.2. The molecule has 1 aromatic carbocycles. The first-order chi connectivity index (χ1) is 9.63. The number of carboxylic acid groups (broad SMARTS) is 1. The molecule has 0 saturated heterocycles. The van der Waals surface area contributed by atoms with Gasteiger partial charge < -0.3 is 10.4 Å². The second-order valence-corrected chi connectivity index (χ2v) is 5.79. The van der Waals surface area contributed by atoms with Crippen molar-refractivity contribution in [2.45, 2.75) is 6.54 Å². The molecule has 3 rings (SSSR count). The highest BCUT2D eigenvalue weighted by Crippen LogP contribution is 2.24. The third-order valence-electron chi connectivity index (χ3n) is 2.77. The van der Waals surface area contributed by atoms with Gasteiger partial charge in [0.25, 0.3) is 0 Å². The topological polar surface area (TPSA) is 90.9 Å². The van der Waals surface area contributed by atoms with Crippen LogP contribution in [-0.4, -0.2) is 26.3 Å². The number of nitrogens with one attached hydrogen (secondary N) is 2. The predicted octanol–water partition coefficient (Wildman–Crippen LogP) is 2.98. The normalized spacial score (nSPS) is 10.8. The van der Waals surface area contributed by atoms with Crippen LogP contribution in [0.4, 0.5) is 5.69 Å². The number of aromatic nitrogens is 3. The molecule has 20 heavy (non-hydrogen) atoms. The van der Waals surface area contributed by atoms with E-state index in [4.69, 9.17) is 11.6 Å². The van der Waals surface area contributed by atoms with E-state index in [0.29, 0.717) is 22.2 Å². The number of hydrogen-bond donors (Lipinski definition) is 3. The molecule has 8 heteroatoms. The van der Waals surface area contributed by atoms with Gasteiger partial charge in [0, 0.05) is 22.1 Å². The Morgan fingerprint density at radius 3 is 3.00 bits per heavy atom. The average Bonchev–Trinajstić information content (AvgIpc) is 3.03. The highest BCUT2D eigenvalue weighted by molar-refractivity contribution is 7.15. The van der Waals surface area contributed by atoms with Crippen molar-refractivity contribution in [3.05, 3.63) is 39.4 Å². The first-order valence-electron chi connectivity index (χ1n) is 5.68. The fraction of sp³-hybridized carbons (Fsp3) is 0.0833. The first-order valence-corrected chi connectivity index (χ1v) is 6.87. The molecule has 0 aliphatic heterocycles. The van der Waals surface area contributed by atoms with Crippen molar-refractivity contribution in [3.63, 3.8) is 0 Å². The van der Waals surface area contributed by atoms with Crippen molar-refractivity contribution in [3.8, 4) is 0 Å². The molecule has 0 radical (unpaired) electrons. The molecule has 0 bridgehead atoms. The molecule has 0 aliphatic rings. The van der Waals surface area contributed by atoms with Crippen LogP contribution >= 0.6 is 22.9 Å². The van der Waals surface area contributed by atoms with Crippen LogP contribution in [0.25, 0.3) is 10.9 Å². The fourth-order valence-corrected chi connectivity index (χ4v) is 2.80. The van der Waals surface area contributed by atoms with Crippen molar-refractivity contribution in [2.24, 2.45) is 0 Å². The van der Waals surface area contributed by atoms with E-state index < -0.39 is 5.97 Å². The summed E-state index contributed by atoms with van der Waals surface area (Å²) in [6.07, 6.45) is 3.28. The molecule has 0 atom stereocenters. The van der Waals surface area contributed by atoms with Gasteiger partial charge >= 0.3 is 5.97 Å². The summed E-state index contributed by atoms with van der Waals surface area (Å²) in [6.45, 7) is 0.535. The minimum atomic E-state index is -0.997. The van der Waals surface area contributed by atoms with E-state index in [1.165, 1.54) is 11.3 Å². The lowest BCUT2D eigenvalue weighted by Gasteiger charge is -2.06. The Morgan fingerprint density at radius 2 is 2.30 bits per heavy atom. The summed E-state index contributed by atoms with van der Waals surface area (Å²) in [5, 5.41) is 19.7. The predicted molar refractivity (Wildman–Crippen MR) is 77.5 cm³/mol. The second kappa shape index (κ2) is 5.10. The van der Waals surface area contributed by atoms with Crippen molar-refractivity contribution in [1.29, 1.82) is 0 Å². The third-order valence-corrected chi connectivity index (χ3v) is 3.89. The number of fused-ring (bicyclic) bond motifs is 1. The van der Waals surface area contributed by atoms with Crippen LogP contribution in [0.15, 0.2) is 24.5 Å². The number of rotatable bonds is 4. The van der Waals surface area contributed by atoms with Crippen LogP contribution < -0.4 is 5.32 Å². The average molecular weight is 309 g/mol. The molecule has 2 aromatic heterocycles. The number of benzene rings is 1. The van der Waals surface area contributed by atoms with Gasteiger partial charge in [0.1, 0.15) is 0 Å². The highest BCUT2D eigenvalue weighted by Gasteiger charge is 2.12. The summed E-state index contributed by atoms with van der Waals surface area (Å²) in [7, 11) is 0. The minimum absolute atomic E-state index is 0.185. The smallest absolute Gasteiger partial charge is 0.337 e. The van der Waals surface area contributed by atoms with Crippen LogP contribution in [0, 0.1) is 0 Å². The molecular weight excluding hydrogens is 300 g/mol. The van der Waals surface area contributed by atoms with E-state index in [0.717, 1.165) is 10.3 Å². The van der Waals surface area contributed by atoms with Crippen molar-refractivity contribution in [2.75, 3.05) is 5.32 Å². The van der Waals surface area contributed by atoms with Gasteiger partial charge in [-0.2, -0.15) is 5.10 Å². The molecule has 3 N–H and O–H groups in total. The summed E-state index contributed by atoms with van der Waals surface area (Å²) < 4.78 is 0.485. The molecule has 102 valence electrons. The minimum Gasteiger partial charge on any atom is -0.478 e. The zero-order valence-corrected chi connectivity index (χ0v) is 11.6. The monoisotopic (exact) mass is 308 g/mol. The molecule has 0 aliphatic carbocycles. The summed E-state index contributed by atoms with van der Waals surface area (Å²) in [5.41, 5.74) is 1.41. The van der Waals surface area contributed by atoms with Gasteiger partial charge in [-0.05, 0) is 12.1 Å². The Morgan fingerprint density at radius 1 is 1.45 bits per heavy atom. The van der Waals surface area contributed by atoms with Crippen LogP contribution in [0.1, 0.15) is 15.2 Å². The van der Waals surface area contributed by atoms with Gasteiger partial charge in [0.2, 0.25) is 0 Å². The summed E-state index contributed by atoms with van der Waals surface area (Å²) in [6, 6.07) is 3.42. The Balaban J connectivity index is 1.89.